The minimum Gasteiger partial charge on any atom is -0.494 e. The van der Waals surface area contributed by atoms with Crippen LogP contribution in [0.4, 0.5) is 10.1 Å². The maximum atomic E-state index is 13.3. The summed E-state index contributed by atoms with van der Waals surface area (Å²) in [5.74, 6) is 0.336. The van der Waals surface area contributed by atoms with Crippen LogP contribution >= 0.6 is 11.6 Å². The highest BCUT2D eigenvalue weighted by Crippen LogP contribution is 2.31. The van der Waals surface area contributed by atoms with Gasteiger partial charge in [-0.3, -0.25) is 4.79 Å². The number of hydrogen-bond acceptors (Lipinski definition) is 4. The molecule has 0 atom stereocenters. The Labute approximate surface area is 183 Å². The van der Waals surface area contributed by atoms with E-state index in [4.69, 9.17) is 20.8 Å². The van der Waals surface area contributed by atoms with E-state index in [1.165, 1.54) is 18.2 Å². The minimum absolute atomic E-state index is 0.210. The van der Waals surface area contributed by atoms with E-state index in [1.54, 1.807) is 42.5 Å². The van der Waals surface area contributed by atoms with Gasteiger partial charge in [0.05, 0.1) is 17.2 Å². The van der Waals surface area contributed by atoms with Crippen LogP contribution in [0.1, 0.15) is 30.1 Å². The lowest BCUT2D eigenvalue weighted by molar-refractivity contribution is 0.102. The molecule has 0 unspecified atom stereocenters. The summed E-state index contributed by atoms with van der Waals surface area (Å²) in [6, 6.07) is 16.2. The van der Waals surface area contributed by atoms with Crippen LogP contribution in [0.3, 0.4) is 0 Å². The molecule has 1 aromatic heterocycles. The normalized spacial score (nSPS) is 10.9. The van der Waals surface area contributed by atoms with Crippen molar-refractivity contribution in [1.82, 2.24) is 4.98 Å². The van der Waals surface area contributed by atoms with Crippen LogP contribution in [-0.4, -0.2) is 17.5 Å². The van der Waals surface area contributed by atoms with Crippen LogP contribution < -0.4 is 10.1 Å². The zero-order valence-electron chi connectivity index (χ0n) is 16.8. The standard InChI is InChI=1S/C24H20ClFN2O3/c1-2-3-12-30-18-8-4-15(5-9-18)23(29)27-17-7-11-22-21(14-17)28-24(31-22)19-10-6-16(26)13-20(19)25/h4-11,13-14H,2-3,12H2,1H3,(H,27,29). The van der Waals surface area contributed by atoms with Crippen LogP contribution in [0.25, 0.3) is 22.6 Å². The molecule has 0 bridgehead atoms. The van der Waals surface area contributed by atoms with E-state index in [9.17, 15) is 9.18 Å². The predicted octanol–water partition coefficient (Wildman–Crippen LogP) is 6.72. The minimum atomic E-state index is -0.435. The van der Waals surface area contributed by atoms with Crippen LogP contribution in [0.2, 0.25) is 5.02 Å². The summed E-state index contributed by atoms with van der Waals surface area (Å²) in [5, 5.41) is 3.06. The number of benzene rings is 3. The molecule has 158 valence electrons. The first kappa shape index (κ1) is 20.9. The van der Waals surface area contributed by atoms with Crippen molar-refractivity contribution < 1.29 is 18.3 Å². The third kappa shape index (κ3) is 4.86. The summed E-state index contributed by atoms with van der Waals surface area (Å²) in [4.78, 5) is 17.0. The molecule has 1 N–H and O–H groups in total. The van der Waals surface area contributed by atoms with Crippen LogP contribution in [-0.2, 0) is 0 Å². The predicted molar refractivity (Wildman–Crippen MR) is 119 cm³/mol. The number of aromatic nitrogens is 1. The monoisotopic (exact) mass is 438 g/mol. The fourth-order valence-electron chi connectivity index (χ4n) is 3.02. The molecule has 7 heteroatoms. The van der Waals surface area contributed by atoms with Crippen molar-refractivity contribution in [1.29, 1.82) is 0 Å². The smallest absolute Gasteiger partial charge is 0.255 e. The molecule has 1 amide bonds. The van der Waals surface area contributed by atoms with E-state index in [-0.39, 0.29) is 16.8 Å². The molecule has 5 nitrogen and oxygen atoms in total. The van der Waals surface area contributed by atoms with Gasteiger partial charge in [-0.05, 0) is 67.1 Å². The molecule has 0 radical (unpaired) electrons. The van der Waals surface area contributed by atoms with Crippen molar-refractivity contribution in [3.8, 4) is 17.2 Å². The Kier molecular flexibility index (Phi) is 6.18. The Balaban J connectivity index is 1.49. The molecule has 0 aliphatic heterocycles. The van der Waals surface area contributed by atoms with Gasteiger partial charge in [-0.25, -0.2) is 9.37 Å². The highest BCUT2D eigenvalue weighted by atomic mass is 35.5. The second kappa shape index (κ2) is 9.18. The topological polar surface area (TPSA) is 64.4 Å². The molecule has 0 saturated heterocycles. The number of nitrogens with zero attached hydrogens (tertiary/aromatic N) is 1. The number of carbonyl (C=O) groups is 1. The van der Waals surface area contributed by atoms with E-state index in [0.29, 0.717) is 34.5 Å². The molecular weight excluding hydrogens is 419 g/mol. The van der Waals surface area contributed by atoms with Gasteiger partial charge >= 0.3 is 0 Å². The fourth-order valence-corrected chi connectivity index (χ4v) is 3.27. The summed E-state index contributed by atoms with van der Waals surface area (Å²) < 4.78 is 24.6. The molecule has 0 saturated carbocycles. The summed E-state index contributed by atoms with van der Waals surface area (Å²) in [7, 11) is 0. The molecule has 0 aliphatic rings. The molecule has 0 fully saturated rings. The van der Waals surface area contributed by atoms with Crippen LogP contribution in [0.15, 0.2) is 65.1 Å². The van der Waals surface area contributed by atoms with Gasteiger partial charge in [0.2, 0.25) is 5.89 Å². The second-order valence-corrected chi connectivity index (χ2v) is 7.41. The van der Waals surface area contributed by atoms with Gasteiger partial charge in [-0.2, -0.15) is 0 Å². The van der Waals surface area contributed by atoms with Crippen molar-refractivity contribution in [2.24, 2.45) is 0 Å². The van der Waals surface area contributed by atoms with E-state index in [0.717, 1.165) is 18.6 Å². The second-order valence-electron chi connectivity index (χ2n) is 7.01. The van der Waals surface area contributed by atoms with E-state index >= 15 is 0 Å². The van der Waals surface area contributed by atoms with E-state index in [1.807, 2.05) is 0 Å². The molecule has 3 aromatic carbocycles. The summed E-state index contributed by atoms with van der Waals surface area (Å²) in [6.45, 7) is 2.76. The third-order valence-electron chi connectivity index (χ3n) is 4.69. The lowest BCUT2D eigenvalue weighted by Crippen LogP contribution is -2.11. The fraction of sp³-hybridized carbons (Fsp3) is 0.167. The lowest BCUT2D eigenvalue weighted by atomic mass is 10.2. The number of oxazole rings is 1. The van der Waals surface area contributed by atoms with Crippen LogP contribution in [0.5, 0.6) is 5.75 Å². The van der Waals surface area contributed by atoms with E-state index < -0.39 is 5.82 Å². The largest absolute Gasteiger partial charge is 0.494 e. The number of nitrogens with one attached hydrogen (secondary N) is 1. The van der Waals surface area contributed by atoms with Gasteiger partial charge in [-0.1, -0.05) is 24.9 Å². The van der Waals surface area contributed by atoms with Crippen molar-refractivity contribution >= 4 is 34.3 Å². The number of halogens is 2. The van der Waals surface area contributed by atoms with Gasteiger partial charge in [-0.15, -0.1) is 0 Å². The molecule has 4 rings (SSSR count). The van der Waals surface area contributed by atoms with Gasteiger partial charge in [0, 0.05) is 11.3 Å². The molecule has 1 heterocycles. The number of fused-ring (bicyclic) bond motifs is 1. The maximum absolute atomic E-state index is 13.3. The third-order valence-corrected chi connectivity index (χ3v) is 5.00. The quantitative estimate of drug-likeness (QED) is 0.325. The van der Waals surface area contributed by atoms with Crippen LogP contribution in [0, 0.1) is 5.82 Å². The lowest BCUT2D eigenvalue weighted by Gasteiger charge is -2.07. The summed E-state index contributed by atoms with van der Waals surface area (Å²) >= 11 is 6.10. The van der Waals surface area contributed by atoms with Gasteiger partial charge < -0.3 is 14.5 Å². The Morgan fingerprint density at radius 2 is 1.94 bits per heavy atom. The van der Waals surface area contributed by atoms with Crippen molar-refractivity contribution in [2.45, 2.75) is 19.8 Å². The Bertz CT molecular complexity index is 1220. The molecule has 31 heavy (non-hydrogen) atoms. The Morgan fingerprint density at radius 3 is 2.68 bits per heavy atom. The number of rotatable bonds is 7. The Morgan fingerprint density at radius 1 is 1.13 bits per heavy atom. The number of unbranched alkanes of at least 4 members (excludes halogenated alkanes) is 1. The Hall–Kier alpha value is -3.38. The highest BCUT2D eigenvalue weighted by molar-refractivity contribution is 6.33. The highest BCUT2D eigenvalue weighted by Gasteiger charge is 2.14. The molecular formula is C24H20ClFN2O3. The molecule has 0 spiro atoms. The number of amides is 1. The zero-order chi connectivity index (χ0) is 21.8. The molecule has 0 aliphatic carbocycles. The average Bonchev–Trinajstić information content (AvgIpc) is 3.17. The van der Waals surface area contributed by atoms with Gasteiger partial charge in [0.1, 0.15) is 17.1 Å². The van der Waals surface area contributed by atoms with Gasteiger partial charge in [0.15, 0.2) is 5.58 Å². The van der Waals surface area contributed by atoms with Crippen molar-refractivity contribution in [3.63, 3.8) is 0 Å². The first-order valence-corrected chi connectivity index (χ1v) is 10.3. The number of anilines is 1. The number of ether oxygens (including phenoxy) is 1. The SMILES string of the molecule is CCCCOc1ccc(C(=O)Nc2ccc3oc(-c4ccc(F)cc4Cl)nc3c2)cc1. The average molecular weight is 439 g/mol. The first-order valence-electron chi connectivity index (χ1n) is 9.93. The van der Waals surface area contributed by atoms with Crippen molar-refractivity contribution in [3.05, 3.63) is 77.1 Å². The van der Waals surface area contributed by atoms with E-state index in [2.05, 4.69) is 17.2 Å². The van der Waals surface area contributed by atoms with Gasteiger partial charge in [0.25, 0.3) is 5.91 Å². The maximum Gasteiger partial charge on any atom is 0.255 e. The summed E-state index contributed by atoms with van der Waals surface area (Å²) in [5.41, 5.74) is 2.66. The first-order chi connectivity index (χ1) is 15.0. The number of carbonyl (C=O) groups excluding carboxylic acids is 1. The van der Waals surface area contributed by atoms with Crippen molar-refractivity contribution in [2.75, 3.05) is 11.9 Å². The number of hydrogen-bond donors (Lipinski definition) is 1. The zero-order valence-corrected chi connectivity index (χ0v) is 17.6. The molecule has 4 aromatic rings. The summed E-state index contributed by atoms with van der Waals surface area (Å²) in [6.07, 6.45) is 2.05.